The fourth-order valence-electron chi connectivity index (χ4n) is 1.58. The summed E-state index contributed by atoms with van der Waals surface area (Å²) in [5.74, 6) is 0.00619. The molecule has 2 rings (SSSR count). The standard InChI is InChI=1S/C12H12ClNO2/c13-7-11(15)12(16)9-3-4-10-8(6-9)2-1-5-14-10/h1-6,11-12,15-16H,7H2. The van der Waals surface area contributed by atoms with Gasteiger partial charge in [-0.2, -0.15) is 0 Å². The van der Waals surface area contributed by atoms with Crippen LogP contribution in [0.5, 0.6) is 0 Å². The Kier molecular flexibility index (Phi) is 3.39. The largest absolute Gasteiger partial charge is 0.389 e. The van der Waals surface area contributed by atoms with Crippen LogP contribution < -0.4 is 0 Å². The zero-order valence-electron chi connectivity index (χ0n) is 8.55. The third-order valence-corrected chi connectivity index (χ3v) is 2.81. The van der Waals surface area contributed by atoms with E-state index in [4.69, 9.17) is 11.6 Å². The van der Waals surface area contributed by atoms with Crippen LogP contribution in [0.1, 0.15) is 11.7 Å². The molecule has 0 saturated heterocycles. The topological polar surface area (TPSA) is 53.4 Å². The van der Waals surface area contributed by atoms with Crippen LogP contribution >= 0.6 is 11.6 Å². The van der Waals surface area contributed by atoms with Gasteiger partial charge in [0.25, 0.3) is 0 Å². The summed E-state index contributed by atoms with van der Waals surface area (Å²) in [4.78, 5) is 4.18. The molecule has 0 aliphatic rings. The van der Waals surface area contributed by atoms with Gasteiger partial charge in [0, 0.05) is 11.6 Å². The lowest BCUT2D eigenvalue weighted by Gasteiger charge is -2.15. The lowest BCUT2D eigenvalue weighted by Crippen LogP contribution is -2.19. The Morgan fingerprint density at radius 2 is 2.06 bits per heavy atom. The van der Waals surface area contributed by atoms with Crippen LogP contribution in [0.25, 0.3) is 10.9 Å². The third-order valence-electron chi connectivity index (χ3n) is 2.49. The van der Waals surface area contributed by atoms with Gasteiger partial charge in [0.2, 0.25) is 0 Å². The van der Waals surface area contributed by atoms with Crippen molar-refractivity contribution in [3.8, 4) is 0 Å². The number of aliphatic hydroxyl groups excluding tert-OH is 2. The molecule has 1 aromatic heterocycles. The number of rotatable bonds is 3. The number of nitrogens with zero attached hydrogens (tertiary/aromatic N) is 1. The van der Waals surface area contributed by atoms with Gasteiger partial charge in [-0.15, -0.1) is 11.6 Å². The molecule has 2 aromatic rings. The minimum absolute atomic E-state index is 0.00619. The number of alkyl halides is 1. The molecule has 2 N–H and O–H groups in total. The second kappa shape index (κ2) is 4.78. The molecule has 0 radical (unpaired) electrons. The van der Waals surface area contributed by atoms with E-state index >= 15 is 0 Å². The molecule has 0 saturated carbocycles. The molecule has 0 amide bonds. The van der Waals surface area contributed by atoms with E-state index in [0.717, 1.165) is 10.9 Å². The molecule has 2 atom stereocenters. The second-order valence-electron chi connectivity index (χ2n) is 3.62. The highest BCUT2D eigenvalue weighted by Crippen LogP contribution is 2.21. The van der Waals surface area contributed by atoms with E-state index in [-0.39, 0.29) is 5.88 Å². The first-order valence-electron chi connectivity index (χ1n) is 4.99. The van der Waals surface area contributed by atoms with E-state index in [1.54, 1.807) is 12.3 Å². The summed E-state index contributed by atoms with van der Waals surface area (Å²) in [5, 5.41) is 20.2. The number of benzene rings is 1. The van der Waals surface area contributed by atoms with Crippen molar-refractivity contribution in [2.75, 3.05) is 5.88 Å². The highest BCUT2D eigenvalue weighted by atomic mass is 35.5. The monoisotopic (exact) mass is 237 g/mol. The maximum Gasteiger partial charge on any atom is 0.106 e. The molecule has 0 fully saturated rings. The van der Waals surface area contributed by atoms with Crippen LogP contribution in [0.2, 0.25) is 0 Å². The molecule has 1 heterocycles. The predicted molar refractivity (Wildman–Crippen MR) is 63.4 cm³/mol. The molecule has 0 spiro atoms. The van der Waals surface area contributed by atoms with Crippen LogP contribution in [0.3, 0.4) is 0 Å². The minimum Gasteiger partial charge on any atom is -0.389 e. The second-order valence-corrected chi connectivity index (χ2v) is 3.93. The maximum absolute atomic E-state index is 9.79. The third kappa shape index (κ3) is 2.16. The zero-order valence-corrected chi connectivity index (χ0v) is 9.30. The van der Waals surface area contributed by atoms with Gasteiger partial charge in [0.1, 0.15) is 6.10 Å². The number of hydrogen-bond acceptors (Lipinski definition) is 3. The van der Waals surface area contributed by atoms with Crippen molar-refractivity contribution >= 4 is 22.5 Å². The summed E-state index contributed by atoms with van der Waals surface area (Å²) in [7, 11) is 0. The van der Waals surface area contributed by atoms with Gasteiger partial charge in [-0.05, 0) is 23.8 Å². The van der Waals surface area contributed by atoms with Crippen LogP contribution in [0, 0.1) is 0 Å². The lowest BCUT2D eigenvalue weighted by atomic mass is 10.0. The Bertz CT molecular complexity index is 489. The fraction of sp³-hybridized carbons (Fsp3) is 0.250. The Morgan fingerprint density at radius 3 is 2.81 bits per heavy atom. The van der Waals surface area contributed by atoms with E-state index in [9.17, 15) is 10.2 Å². The van der Waals surface area contributed by atoms with E-state index in [1.807, 2.05) is 24.3 Å². The molecule has 4 heteroatoms. The smallest absolute Gasteiger partial charge is 0.106 e. The van der Waals surface area contributed by atoms with Gasteiger partial charge in [0.05, 0.1) is 17.5 Å². The highest BCUT2D eigenvalue weighted by molar-refractivity contribution is 6.18. The van der Waals surface area contributed by atoms with Crippen LogP contribution in [0.4, 0.5) is 0 Å². The Morgan fingerprint density at radius 1 is 1.25 bits per heavy atom. The number of aliphatic hydroxyl groups is 2. The molecule has 1 aromatic carbocycles. The quantitative estimate of drug-likeness (QED) is 0.802. The summed E-state index contributed by atoms with van der Waals surface area (Å²) in [6, 6.07) is 9.11. The molecular weight excluding hydrogens is 226 g/mol. The summed E-state index contributed by atoms with van der Waals surface area (Å²) in [5.41, 5.74) is 1.51. The van der Waals surface area contributed by atoms with Crippen molar-refractivity contribution < 1.29 is 10.2 Å². The SMILES string of the molecule is OC(CCl)C(O)c1ccc2ncccc2c1. The number of hydrogen-bond donors (Lipinski definition) is 2. The first kappa shape index (κ1) is 11.3. The lowest BCUT2D eigenvalue weighted by molar-refractivity contribution is 0.0328. The van der Waals surface area contributed by atoms with Crippen molar-refractivity contribution in [3.63, 3.8) is 0 Å². The number of pyridine rings is 1. The molecule has 3 nitrogen and oxygen atoms in total. The summed E-state index contributed by atoms with van der Waals surface area (Å²) in [6.07, 6.45) is -0.190. The first-order chi connectivity index (χ1) is 7.72. The van der Waals surface area contributed by atoms with E-state index in [0.29, 0.717) is 5.56 Å². The van der Waals surface area contributed by atoms with Crippen LogP contribution in [-0.4, -0.2) is 27.2 Å². The zero-order chi connectivity index (χ0) is 11.5. The first-order valence-corrected chi connectivity index (χ1v) is 5.52. The molecule has 16 heavy (non-hydrogen) atoms. The van der Waals surface area contributed by atoms with Gasteiger partial charge in [-0.1, -0.05) is 12.1 Å². The van der Waals surface area contributed by atoms with Gasteiger partial charge < -0.3 is 10.2 Å². The van der Waals surface area contributed by atoms with Crippen LogP contribution in [-0.2, 0) is 0 Å². The summed E-state index contributed by atoms with van der Waals surface area (Å²) < 4.78 is 0. The van der Waals surface area contributed by atoms with Crippen molar-refractivity contribution in [1.29, 1.82) is 0 Å². The van der Waals surface area contributed by atoms with Gasteiger partial charge >= 0.3 is 0 Å². The summed E-state index contributed by atoms with van der Waals surface area (Å²) in [6.45, 7) is 0. The highest BCUT2D eigenvalue weighted by Gasteiger charge is 2.17. The van der Waals surface area contributed by atoms with Crippen molar-refractivity contribution in [2.24, 2.45) is 0 Å². The Hall–Kier alpha value is -1.16. The van der Waals surface area contributed by atoms with Crippen molar-refractivity contribution in [3.05, 3.63) is 42.1 Å². The Balaban J connectivity index is 2.39. The summed E-state index contributed by atoms with van der Waals surface area (Å²) >= 11 is 5.49. The molecule has 0 bridgehead atoms. The van der Waals surface area contributed by atoms with Gasteiger partial charge in [0.15, 0.2) is 0 Å². The average Bonchev–Trinajstić information content (AvgIpc) is 2.36. The Labute approximate surface area is 98.3 Å². The van der Waals surface area contributed by atoms with Crippen LogP contribution in [0.15, 0.2) is 36.5 Å². The number of halogens is 1. The predicted octanol–water partition coefficient (Wildman–Crippen LogP) is 1.87. The molecule has 2 unspecified atom stereocenters. The van der Waals surface area contributed by atoms with E-state index < -0.39 is 12.2 Å². The van der Waals surface area contributed by atoms with Crippen molar-refractivity contribution in [2.45, 2.75) is 12.2 Å². The van der Waals surface area contributed by atoms with Gasteiger partial charge in [-0.3, -0.25) is 4.98 Å². The number of aromatic nitrogens is 1. The number of fused-ring (bicyclic) bond motifs is 1. The fourth-order valence-corrected chi connectivity index (χ4v) is 1.75. The van der Waals surface area contributed by atoms with Gasteiger partial charge in [-0.25, -0.2) is 0 Å². The maximum atomic E-state index is 9.79. The molecule has 84 valence electrons. The molecule has 0 aliphatic heterocycles. The van der Waals surface area contributed by atoms with E-state index in [2.05, 4.69) is 4.98 Å². The van der Waals surface area contributed by atoms with E-state index in [1.165, 1.54) is 0 Å². The van der Waals surface area contributed by atoms with Crippen molar-refractivity contribution in [1.82, 2.24) is 4.98 Å². The normalized spacial score (nSPS) is 14.9. The minimum atomic E-state index is -0.956. The molecular formula is C12H12ClNO2. The average molecular weight is 238 g/mol. The molecule has 0 aliphatic carbocycles.